The summed E-state index contributed by atoms with van der Waals surface area (Å²) in [6.45, 7) is 3.60. The lowest BCUT2D eigenvalue weighted by Gasteiger charge is -2.38. The number of benzene rings is 1. The number of hydrogen-bond donors (Lipinski definition) is 3. The molecule has 1 heterocycles. The van der Waals surface area contributed by atoms with E-state index in [1.807, 2.05) is 36.3 Å². The van der Waals surface area contributed by atoms with Gasteiger partial charge in [-0.2, -0.15) is 13.2 Å². The number of alkyl halides is 3. The van der Waals surface area contributed by atoms with Crippen molar-refractivity contribution in [2.24, 2.45) is 4.99 Å². The quantitative estimate of drug-likeness (QED) is 0.577. The summed E-state index contributed by atoms with van der Waals surface area (Å²) < 4.78 is 36.2. The fourth-order valence-electron chi connectivity index (χ4n) is 2.61. The van der Waals surface area contributed by atoms with E-state index >= 15 is 0 Å². The Morgan fingerprint density at radius 2 is 2.04 bits per heavy atom. The minimum atomic E-state index is -4.84. The topological polar surface area (TPSA) is 95.1 Å². The van der Waals surface area contributed by atoms with Gasteiger partial charge in [-0.1, -0.05) is 6.07 Å². The highest BCUT2D eigenvalue weighted by Gasteiger charge is 2.38. The molecule has 0 fully saturated rings. The van der Waals surface area contributed by atoms with Crippen LogP contribution in [0.25, 0.3) is 0 Å². The molecule has 2 rings (SSSR count). The second kappa shape index (κ2) is 9.60. The Labute approximate surface area is 161 Å². The zero-order chi connectivity index (χ0) is 20.7. The highest BCUT2D eigenvalue weighted by molar-refractivity contribution is 6.01. The Balaban J connectivity index is 1.66. The van der Waals surface area contributed by atoms with Crippen LogP contribution in [0.15, 0.2) is 23.2 Å². The standard InChI is InChI=1S/C17H24F3N6O2/c1-12-5-6-14-13(11-12)23-16(24-26(14)28)22-8-4-10-25(2)9-3-7-21-15(27)17(18,19)20/h5-6,11H,3-4,7-10H2,1-2H3,(H,21,27)(H2,22,23,24)/q-1. The smallest absolute Gasteiger partial charge is 0.471 e. The summed E-state index contributed by atoms with van der Waals surface area (Å²) >= 11 is 0. The number of nitrogens with zero attached hydrogens (tertiary/aromatic N) is 3. The number of aliphatic imine (C=N–C) groups is 1. The lowest BCUT2D eigenvalue weighted by molar-refractivity contribution is -0.173. The van der Waals surface area contributed by atoms with Crippen molar-refractivity contribution in [1.82, 2.24) is 15.6 Å². The van der Waals surface area contributed by atoms with Gasteiger partial charge in [0.05, 0.1) is 11.4 Å². The van der Waals surface area contributed by atoms with E-state index < -0.39 is 12.1 Å². The van der Waals surface area contributed by atoms with E-state index in [1.165, 1.54) is 0 Å². The molecule has 0 atom stereocenters. The number of hydrogen-bond acceptors (Lipinski definition) is 5. The lowest BCUT2D eigenvalue weighted by Crippen LogP contribution is -2.46. The highest BCUT2D eigenvalue weighted by Crippen LogP contribution is 2.27. The number of carbonyl (C=O) groups excluding carboxylic acids is 1. The van der Waals surface area contributed by atoms with E-state index in [1.54, 1.807) is 6.07 Å². The second-order valence-electron chi connectivity index (χ2n) is 6.55. The monoisotopic (exact) mass is 401 g/mol. The first-order valence-corrected chi connectivity index (χ1v) is 8.86. The molecule has 0 aliphatic carbocycles. The molecule has 0 aromatic heterocycles. The summed E-state index contributed by atoms with van der Waals surface area (Å²) in [7, 11) is 1.84. The van der Waals surface area contributed by atoms with E-state index in [-0.39, 0.29) is 6.54 Å². The molecule has 1 aliphatic rings. The van der Waals surface area contributed by atoms with Gasteiger partial charge in [-0.25, -0.2) is 0 Å². The highest BCUT2D eigenvalue weighted by atomic mass is 19.4. The van der Waals surface area contributed by atoms with Crippen molar-refractivity contribution in [3.63, 3.8) is 0 Å². The summed E-state index contributed by atoms with van der Waals surface area (Å²) in [5.74, 6) is -1.55. The maximum absolute atomic E-state index is 12.1. The number of nitrogens with one attached hydrogen (secondary N) is 3. The minimum absolute atomic E-state index is 0.0308. The van der Waals surface area contributed by atoms with E-state index in [9.17, 15) is 23.2 Å². The number of anilines is 2. The minimum Gasteiger partial charge on any atom is -0.739 e. The maximum atomic E-state index is 12.1. The fraction of sp³-hybridized carbons (Fsp3) is 0.529. The normalized spacial score (nSPS) is 15.2. The number of rotatable bonds is 8. The van der Waals surface area contributed by atoms with Gasteiger partial charge in [0.25, 0.3) is 0 Å². The Kier molecular flexibility index (Phi) is 7.46. The molecule has 156 valence electrons. The van der Waals surface area contributed by atoms with Crippen LogP contribution in [0, 0.1) is 12.1 Å². The van der Waals surface area contributed by atoms with E-state index in [0.717, 1.165) is 5.56 Å². The van der Waals surface area contributed by atoms with Crippen LogP contribution in [0.3, 0.4) is 0 Å². The SMILES string of the molecule is Cc1ccc2c(c1)NC(=NCCCN(C)CCCNC(=O)C(F)(F)F)NN2[O-]. The summed E-state index contributed by atoms with van der Waals surface area (Å²) in [5, 5.41) is 17.6. The average molecular weight is 401 g/mol. The Morgan fingerprint density at radius 3 is 2.75 bits per heavy atom. The molecule has 0 saturated heterocycles. The van der Waals surface area contributed by atoms with Crippen LogP contribution in [0.5, 0.6) is 0 Å². The van der Waals surface area contributed by atoms with E-state index in [4.69, 9.17) is 0 Å². The van der Waals surface area contributed by atoms with Crippen molar-refractivity contribution in [2.45, 2.75) is 25.9 Å². The third-order valence-electron chi connectivity index (χ3n) is 4.06. The van der Waals surface area contributed by atoms with Crippen molar-refractivity contribution in [3.8, 4) is 0 Å². The number of carbonyl (C=O) groups is 1. The summed E-state index contributed by atoms with van der Waals surface area (Å²) in [4.78, 5) is 17.0. The molecule has 0 bridgehead atoms. The zero-order valence-electron chi connectivity index (χ0n) is 15.8. The van der Waals surface area contributed by atoms with Gasteiger partial charge in [-0.3, -0.25) is 15.2 Å². The Hall–Kier alpha value is -2.53. The summed E-state index contributed by atoms with van der Waals surface area (Å²) in [5.41, 5.74) is 4.81. The van der Waals surface area contributed by atoms with Crippen LogP contribution in [-0.2, 0) is 4.79 Å². The third-order valence-corrected chi connectivity index (χ3v) is 4.06. The molecule has 28 heavy (non-hydrogen) atoms. The molecule has 0 saturated carbocycles. The predicted octanol–water partition coefficient (Wildman–Crippen LogP) is 1.98. The van der Waals surface area contributed by atoms with E-state index in [0.29, 0.717) is 55.0 Å². The molecule has 1 amide bonds. The van der Waals surface area contributed by atoms with Gasteiger partial charge in [0.2, 0.25) is 5.96 Å². The molecular weight excluding hydrogens is 377 g/mol. The van der Waals surface area contributed by atoms with Gasteiger partial charge in [0.1, 0.15) is 0 Å². The zero-order valence-corrected chi connectivity index (χ0v) is 15.8. The molecule has 1 aromatic carbocycles. The first-order valence-electron chi connectivity index (χ1n) is 8.86. The largest absolute Gasteiger partial charge is 0.739 e. The van der Waals surface area contributed by atoms with Crippen LogP contribution >= 0.6 is 0 Å². The molecule has 1 aromatic rings. The Bertz CT molecular complexity index is 711. The first-order chi connectivity index (χ1) is 13.2. The van der Waals surface area contributed by atoms with Crippen LogP contribution < -0.4 is 21.2 Å². The maximum Gasteiger partial charge on any atom is 0.471 e. The number of fused-ring (bicyclic) bond motifs is 1. The molecule has 1 aliphatic heterocycles. The molecule has 0 spiro atoms. The van der Waals surface area contributed by atoms with Crippen LogP contribution in [0.1, 0.15) is 18.4 Å². The van der Waals surface area contributed by atoms with Gasteiger partial charge in [-0.15, -0.1) is 0 Å². The molecule has 0 radical (unpaired) electrons. The van der Waals surface area contributed by atoms with Gasteiger partial charge < -0.3 is 25.9 Å². The number of halogens is 3. The first kappa shape index (κ1) is 21.8. The summed E-state index contributed by atoms with van der Waals surface area (Å²) in [6, 6.07) is 5.43. The average Bonchev–Trinajstić information content (AvgIpc) is 2.61. The third kappa shape index (κ3) is 6.57. The molecule has 8 nitrogen and oxygen atoms in total. The Morgan fingerprint density at radius 1 is 1.32 bits per heavy atom. The van der Waals surface area contributed by atoms with Gasteiger partial charge in [0.15, 0.2) is 0 Å². The predicted molar refractivity (Wildman–Crippen MR) is 102 cm³/mol. The van der Waals surface area contributed by atoms with Crippen molar-refractivity contribution in [1.29, 1.82) is 0 Å². The second-order valence-corrected chi connectivity index (χ2v) is 6.55. The molecule has 11 heteroatoms. The molecular formula is C17H24F3N6O2-. The van der Waals surface area contributed by atoms with Crippen LogP contribution in [0.4, 0.5) is 24.5 Å². The lowest BCUT2D eigenvalue weighted by atomic mass is 10.2. The number of amides is 1. The van der Waals surface area contributed by atoms with E-state index in [2.05, 4.69) is 15.7 Å². The number of guanidine groups is 1. The number of hydrazine groups is 1. The van der Waals surface area contributed by atoms with Gasteiger partial charge in [-0.05, 0) is 57.6 Å². The molecule has 0 unspecified atom stereocenters. The fourth-order valence-corrected chi connectivity index (χ4v) is 2.61. The summed E-state index contributed by atoms with van der Waals surface area (Å²) in [6.07, 6.45) is -3.72. The van der Waals surface area contributed by atoms with Gasteiger partial charge in [0, 0.05) is 13.1 Å². The van der Waals surface area contributed by atoms with Crippen LogP contribution in [0.2, 0.25) is 0 Å². The number of aryl methyl sites for hydroxylation is 1. The van der Waals surface area contributed by atoms with Gasteiger partial charge >= 0.3 is 12.1 Å². The van der Waals surface area contributed by atoms with Crippen LogP contribution in [-0.4, -0.2) is 56.2 Å². The van der Waals surface area contributed by atoms with Crippen molar-refractivity contribution in [3.05, 3.63) is 29.0 Å². The molecule has 3 N–H and O–H groups in total. The van der Waals surface area contributed by atoms with Crippen molar-refractivity contribution < 1.29 is 18.0 Å². The van der Waals surface area contributed by atoms with Crippen molar-refractivity contribution >= 4 is 23.2 Å². The van der Waals surface area contributed by atoms with Crippen molar-refractivity contribution in [2.75, 3.05) is 43.7 Å².